The SMILES string of the molecule is CC(C)(C)OC(=O)NCC(=O)Nc1n[nH]c(-c2ccc(F)cc2)c1-c1ccncc1. The van der Waals surface area contributed by atoms with Gasteiger partial charge in [0.15, 0.2) is 5.82 Å². The molecule has 2 aromatic heterocycles. The van der Waals surface area contributed by atoms with Gasteiger partial charge >= 0.3 is 6.09 Å². The fraction of sp³-hybridized carbons (Fsp3) is 0.238. The summed E-state index contributed by atoms with van der Waals surface area (Å²) in [5.74, 6) is -0.560. The molecule has 9 heteroatoms. The molecule has 0 fully saturated rings. The monoisotopic (exact) mass is 411 g/mol. The van der Waals surface area contributed by atoms with Crippen LogP contribution in [-0.4, -0.2) is 39.3 Å². The van der Waals surface area contributed by atoms with Crippen LogP contribution < -0.4 is 10.6 Å². The van der Waals surface area contributed by atoms with Gasteiger partial charge in [-0.15, -0.1) is 0 Å². The quantitative estimate of drug-likeness (QED) is 0.593. The molecule has 0 bridgehead atoms. The molecule has 0 saturated heterocycles. The third-order valence-electron chi connectivity index (χ3n) is 3.92. The Balaban J connectivity index is 1.82. The first-order valence-corrected chi connectivity index (χ1v) is 9.24. The normalized spacial score (nSPS) is 11.1. The van der Waals surface area contributed by atoms with Gasteiger partial charge in [0, 0.05) is 18.0 Å². The molecule has 3 aromatic rings. The van der Waals surface area contributed by atoms with E-state index in [4.69, 9.17) is 4.74 Å². The highest BCUT2D eigenvalue weighted by molar-refractivity contribution is 5.99. The van der Waals surface area contributed by atoms with Gasteiger partial charge in [-0.1, -0.05) is 0 Å². The van der Waals surface area contributed by atoms with Gasteiger partial charge in [-0.25, -0.2) is 9.18 Å². The van der Waals surface area contributed by atoms with E-state index < -0.39 is 17.6 Å². The molecule has 2 amide bonds. The lowest BCUT2D eigenvalue weighted by molar-refractivity contribution is -0.115. The Bertz CT molecular complexity index is 1030. The molecule has 0 unspecified atom stereocenters. The van der Waals surface area contributed by atoms with Crippen molar-refractivity contribution in [1.82, 2.24) is 20.5 Å². The van der Waals surface area contributed by atoms with E-state index in [1.807, 2.05) is 0 Å². The van der Waals surface area contributed by atoms with E-state index in [2.05, 4.69) is 25.8 Å². The Morgan fingerprint density at radius 2 is 1.73 bits per heavy atom. The molecular formula is C21H22FN5O3. The molecule has 0 saturated carbocycles. The minimum Gasteiger partial charge on any atom is -0.444 e. The van der Waals surface area contributed by atoms with Crippen molar-refractivity contribution in [3.63, 3.8) is 0 Å². The summed E-state index contributed by atoms with van der Waals surface area (Å²) >= 11 is 0. The third-order valence-corrected chi connectivity index (χ3v) is 3.92. The summed E-state index contributed by atoms with van der Waals surface area (Å²) in [6.07, 6.45) is 2.54. The predicted molar refractivity (Wildman–Crippen MR) is 110 cm³/mol. The molecule has 156 valence electrons. The summed E-state index contributed by atoms with van der Waals surface area (Å²) in [6, 6.07) is 9.45. The number of amides is 2. The van der Waals surface area contributed by atoms with Crippen LogP contribution in [0, 0.1) is 5.82 Å². The minimum atomic E-state index is -0.693. The fourth-order valence-electron chi connectivity index (χ4n) is 2.70. The number of anilines is 1. The highest BCUT2D eigenvalue weighted by Crippen LogP contribution is 2.35. The summed E-state index contributed by atoms with van der Waals surface area (Å²) in [4.78, 5) is 28.1. The van der Waals surface area contributed by atoms with Gasteiger partial charge < -0.3 is 15.4 Å². The first-order chi connectivity index (χ1) is 14.2. The van der Waals surface area contributed by atoms with E-state index in [1.165, 1.54) is 12.1 Å². The second-order valence-corrected chi connectivity index (χ2v) is 7.47. The zero-order chi connectivity index (χ0) is 21.7. The number of nitrogens with one attached hydrogen (secondary N) is 3. The maximum atomic E-state index is 13.3. The van der Waals surface area contributed by atoms with Gasteiger partial charge in [0.2, 0.25) is 5.91 Å². The minimum absolute atomic E-state index is 0.275. The van der Waals surface area contributed by atoms with Crippen molar-refractivity contribution in [2.45, 2.75) is 26.4 Å². The third kappa shape index (κ3) is 5.40. The Labute approximate surface area is 172 Å². The lowest BCUT2D eigenvalue weighted by Gasteiger charge is -2.19. The zero-order valence-corrected chi connectivity index (χ0v) is 16.8. The van der Waals surface area contributed by atoms with Crippen molar-refractivity contribution in [2.24, 2.45) is 0 Å². The van der Waals surface area contributed by atoms with Crippen molar-refractivity contribution in [2.75, 3.05) is 11.9 Å². The summed E-state index contributed by atoms with van der Waals surface area (Å²) in [7, 11) is 0. The number of hydrogen-bond donors (Lipinski definition) is 3. The molecule has 3 rings (SSSR count). The molecular weight excluding hydrogens is 389 g/mol. The second-order valence-electron chi connectivity index (χ2n) is 7.47. The lowest BCUT2D eigenvalue weighted by atomic mass is 10.0. The molecule has 1 aromatic carbocycles. The van der Waals surface area contributed by atoms with Crippen LogP contribution in [0.5, 0.6) is 0 Å². The number of H-pyrrole nitrogens is 1. The van der Waals surface area contributed by atoms with Gasteiger partial charge in [-0.05, 0) is 62.7 Å². The molecule has 0 atom stereocenters. The highest BCUT2D eigenvalue weighted by atomic mass is 19.1. The number of carbonyl (C=O) groups is 2. The van der Waals surface area contributed by atoms with Crippen molar-refractivity contribution in [3.8, 4) is 22.4 Å². The Morgan fingerprint density at radius 3 is 2.37 bits per heavy atom. The highest BCUT2D eigenvalue weighted by Gasteiger charge is 2.20. The second kappa shape index (κ2) is 8.73. The Kier molecular flexibility index (Phi) is 6.10. The Morgan fingerprint density at radius 1 is 1.07 bits per heavy atom. The number of aromatic nitrogens is 3. The summed E-state index contributed by atoms with van der Waals surface area (Å²) < 4.78 is 18.4. The molecule has 2 heterocycles. The van der Waals surface area contributed by atoms with Crippen molar-refractivity contribution < 1.29 is 18.7 Å². The van der Waals surface area contributed by atoms with Crippen LogP contribution in [0.4, 0.5) is 15.0 Å². The van der Waals surface area contributed by atoms with Gasteiger partial charge in [0.25, 0.3) is 0 Å². The number of carbonyl (C=O) groups excluding carboxylic acids is 2. The predicted octanol–water partition coefficient (Wildman–Crippen LogP) is 3.74. The average molecular weight is 411 g/mol. The molecule has 0 radical (unpaired) electrons. The molecule has 0 spiro atoms. The van der Waals surface area contributed by atoms with E-state index in [1.54, 1.807) is 57.4 Å². The first-order valence-electron chi connectivity index (χ1n) is 9.24. The van der Waals surface area contributed by atoms with Crippen LogP contribution in [0.3, 0.4) is 0 Å². The number of halogens is 1. The van der Waals surface area contributed by atoms with Crippen LogP contribution in [0.1, 0.15) is 20.8 Å². The van der Waals surface area contributed by atoms with Crippen LogP contribution >= 0.6 is 0 Å². The van der Waals surface area contributed by atoms with Gasteiger partial charge in [0.1, 0.15) is 18.0 Å². The maximum Gasteiger partial charge on any atom is 0.408 e. The molecule has 8 nitrogen and oxygen atoms in total. The number of benzene rings is 1. The molecule has 30 heavy (non-hydrogen) atoms. The molecule has 0 aliphatic carbocycles. The van der Waals surface area contributed by atoms with E-state index in [-0.39, 0.29) is 18.2 Å². The summed E-state index contributed by atoms with van der Waals surface area (Å²) in [5, 5.41) is 12.2. The summed E-state index contributed by atoms with van der Waals surface area (Å²) in [6.45, 7) is 4.90. The van der Waals surface area contributed by atoms with E-state index >= 15 is 0 Å². The lowest BCUT2D eigenvalue weighted by Crippen LogP contribution is -2.37. The summed E-state index contributed by atoms with van der Waals surface area (Å²) in [5.41, 5.74) is 2.02. The van der Waals surface area contributed by atoms with Gasteiger partial charge in [-0.3, -0.25) is 14.9 Å². The number of hydrogen-bond acceptors (Lipinski definition) is 5. The number of aromatic amines is 1. The van der Waals surface area contributed by atoms with Crippen LogP contribution in [0.25, 0.3) is 22.4 Å². The van der Waals surface area contributed by atoms with Crippen molar-refractivity contribution >= 4 is 17.8 Å². The topological polar surface area (TPSA) is 109 Å². The molecule has 3 N–H and O–H groups in total. The standard InChI is InChI=1S/C21H22FN5O3/c1-21(2,3)30-20(29)24-12-16(28)25-19-17(13-8-10-23-11-9-13)18(26-27-19)14-4-6-15(22)7-5-14/h4-11H,12H2,1-3H3,(H,24,29)(H2,25,26,27,28). The van der Waals surface area contributed by atoms with Gasteiger partial charge in [-0.2, -0.15) is 5.10 Å². The Hall–Kier alpha value is -3.75. The van der Waals surface area contributed by atoms with Crippen molar-refractivity contribution in [1.29, 1.82) is 0 Å². The number of alkyl carbamates (subject to hydrolysis) is 1. The largest absolute Gasteiger partial charge is 0.444 e. The number of pyridine rings is 1. The van der Waals surface area contributed by atoms with Crippen LogP contribution in [0.15, 0.2) is 48.8 Å². The molecule has 0 aliphatic rings. The number of rotatable bonds is 5. The van der Waals surface area contributed by atoms with E-state index in [0.717, 1.165) is 5.56 Å². The number of nitrogens with zero attached hydrogens (tertiary/aromatic N) is 2. The van der Waals surface area contributed by atoms with Crippen molar-refractivity contribution in [3.05, 3.63) is 54.6 Å². The zero-order valence-electron chi connectivity index (χ0n) is 16.8. The molecule has 0 aliphatic heterocycles. The van der Waals surface area contributed by atoms with E-state index in [9.17, 15) is 14.0 Å². The maximum absolute atomic E-state index is 13.3. The van der Waals surface area contributed by atoms with E-state index in [0.29, 0.717) is 16.8 Å². The average Bonchev–Trinajstić information content (AvgIpc) is 3.10. The fourth-order valence-corrected chi connectivity index (χ4v) is 2.70. The first kappa shape index (κ1) is 21.0. The number of ether oxygens (including phenoxy) is 1. The van der Waals surface area contributed by atoms with Crippen LogP contribution in [0.2, 0.25) is 0 Å². The van der Waals surface area contributed by atoms with Crippen LogP contribution in [-0.2, 0) is 9.53 Å². The van der Waals surface area contributed by atoms with Gasteiger partial charge in [0.05, 0.1) is 11.3 Å². The smallest absolute Gasteiger partial charge is 0.408 e.